The number of aliphatic carboxylic acids is 1. The summed E-state index contributed by atoms with van der Waals surface area (Å²) in [5.41, 5.74) is 0.893. The third-order valence-corrected chi connectivity index (χ3v) is 2.66. The molecule has 15 heavy (non-hydrogen) atoms. The summed E-state index contributed by atoms with van der Waals surface area (Å²) in [6, 6.07) is 9.32. The second kappa shape index (κ2) is 5.56. The Morgan fingerprint density at radius 3 is 2.53 bits per heavy atom. The van der Waals surface area contributed by atoms with Crippen molar-refractivity contribution in [1.29, 1.82) is 0 Å². The molecule has 0 N–H and O–H groups in total. The van der Waals surface area contributed by atoms with Gasteiger partial charge in [-0.2, -0.15) is 0 Å². The smallest absolute Gasteiger partial charge is 0.0424 e. The average molecular weight is 224 g/mol. The number of allylic oxidation sites excluding steroid dienone is 2. The largest absolute Gasteiger partial charge is 0.550 e. The van der Waals surface area contributed by atoms with Gasteiger partial charge in [0, 0.05) is 16.9 Å². The Morgan fingerprint density at radius 2 is 2.07 bits per heavy atom. The first kappa shape index (κ1) is 11.8. The number of carbonyl (C=O) groups excluding carboxylic acids is 1. The normalized spacial score (nSPS) is 13.6. The highest BCUT2D eigenvalue weighted by Crippen LogP contribution is 2.29. The molecule has 0 aliphatic rings. The van der Waals surface area contributed by atoms with Crippen molar-refractivity contribution in [2.45, 2.75) is 19.3 Å². The first-order valence-electron chi connectivity index (χ1n) is 4.71. The maximum absolute atomic E-state index is 10.6. The van der Waals surface area contributed by atoms with Crippen LogP contribution in [0.3, 0.4) is 0 Å². The Hall–Kier alpha value is -1.28. The number of hydrogen-bond donors (Lipinski definition) is 0. The highest BCUT2D eigenvalue weighted by molar-refractivity contribution is 6.30. The van der Waals surface area contributed by atoms with Crippen molar-refractivity contribution < 1.29 is 9.90 Å². The molecule has 1 unspecified atom stereocenters. The fraction of sp³-hybridized carbons (Fsp3) is 0.250. The number of benzene rings is 1. The van der Waals surface area contributed by atoms with Gasteiger partial charge in [0.05, 0.1) is 0 Å². The van der Waals surface area contributed by atoms with Gasteiger partial charge in [0.15, 0.2) is 0 Å². The molecule has 0 saturated carbocycles. The predicted molar refractivity (Wildman–Crippen MR) is 58.4 cm³/mol. The summed E-state index contributed by atoms with van der Waals surface area (Å²) in [4.78, 5) is 10.6. The van der Waals surface area contributed by atoms with Crippen LogP contribution in [0.1, 0.15) is 24.8 Å². The summed E-state index contributed by atoms with van der Waals surface area (Å²) in [6.07, 6.45) is 1.62. The molecule has 1 aromatic rings. The van der Waals surface area contributed by atoms with E-state index in [0.29, 0.717) is 5.03 Å². The number of carboxylic acid groups (broad SMARTS) is 1. The molecule has 0 bridgehead atoms. The van der Waals surface area contributed by atoms with Crippen LogP contribution in [0.4, 0.5) is 0 Å². The number of carboxylic acids is 1. The molecule has 0 heterocycles. The minimum Gasteiger partial charge on any atom is -0.550 e. The molecule has 0 fully saturated rings. The SMILES string of the molecule is C/C=C(\Cl)C(CC(=O)[O-])c1ccccc1. The van der Waals surface area contributed by atoms with Crippen molar-refractivity contribution >= 4 is 17.6 Å². The minimum atomic E-state index is -1.09. The summed E-state index contributed by atoms with van der Waals surface area (Å²) in [5.74, 6) is -1.40. The van der Waals surface area contributed by atoms with E-state index in [9.17, 15) is 9.90 Å². The molecule has 0 saturated heterocycles. The lowest BCUT2D eigenvalue weighted by atomic mass is 9.95. The van der Waals surface area contributed by atoms with E-state index in [0.717, 1.165) is 5.56 Å². The van der Waals surface area contributed by atoms with Crippen LogP contribution in [0.15, 0.2) is 41.4 Å². The zero-order valence-corrected chi connectivity index (χ0v) is 9.20. The van der Waals surface area contributed by atoms with Gasteiger partial charge in [0.1, 0.15) is 0 Å². The lowest BCUT2D eigenvalue weighted by Crippen LogP contribution is -2.24. The topological polar surface area (TPSA) is 40.1 Å². The standard InChI is InChI=1S/C12H13ClO2/c1-2-11(13)10(8-12(14)15)9-6-4-3-5-7-9/h2-7,10H,8H2,1H3,(H,14,15)/p-1/b11-2-. The molecule has 0 aliphatic carbocycles. The van der Waals surface area contributed by atoms with Gasteiger partial charge in [0.2, 0.25) is 0 Å². The third-order valence-electron chi connectivity index (χ3n) is 2.18. The van der Waals surface area contributed by atoms with Crippen LogP contribution in [0.25, 0.3) is 0 Å². The van der Waals surface area contributed by atoms with E-state index in [4.69, 9.17) is 11.6 Å². The van der Waals surface area contributed by atoms with Gasteiger partial charge in [-0.05, 0) is 18.9 Å². The van der Waals surface area contributed by atoms with E-state index < -0.39 is 5.97 Å². The molecular formula is C12H12ClO2-. The molecule has 0 spiro atoms. The van der Waals surface area contributed by atoms with Crippen LogP contribution >= 0.6 is 11.6 Å². The maximum Gasteiger partial charge on any atom is 0.0424 e. The molecule has 3 heteroatoms. The predicted octanol–water partition coefficient (Wildman–Crippen LogP) is 2.05. The Balaban J connectivity index is 2.96. The van der Waals surface area contributed by atoms with Crippen LogP contribution in [-0.4, -0.2) is 5.97 Å². The van der Waals surface area contributed by atoms with Crippen LogP contribution in [0.2, 0.25) is 0 Å². The fourth-order valence-electron chi connectivity index (χ4n) is 1.43. The number of rotatable bonds is 4. The minimum absolute atomic E-state index is 0.0901. The Morgan fingerprint density at radius 1 is 1.47 bits per heavy atom. The van der Waals surface area contributed by atoms with Crippen molar-refractivity contribution in [3.05, 3.63) is 47.0 Å². The molecule has 1 atom stereocenters. The third kappa shape index (κ3) is 3.40. The Bertz CT molecular complexity index is 357. The molecule has 1 rings (SSSR count). The lowest BCUT2D eigenvalue weighted by Gasteiger charge is -2.17. The Labute approximate surface area is 94.2 Å². The molecule has 0 aromatic heterocycles. The fourth-order valence-corrected chi connectivity index (χ4v) is 1.63. The van der Waals surface area contributed by atoms with Gasteiger partial charge in [-0.3, -0.25) is 0 Å². The molecule has 0 amide bonds. The zero-order chi connectivity index (χ0) is 11.3. The monoisotopic (exact) mass is 223 g/mol. The van der Waals surface area contributed by atoms with Crippen molar-refractivity contribution in [1.82, 2.24) is 0 Å². The van der Waals surface area contributed by atoms with E-state index in [1.165, 1.54) is 0 Å². The van der Waals surface area contributed by atoms with Crippen molar-refractivity contribution in [2.75, 3.05) is 0 Å². The molecule has 80 valence electrons. The van der Waals surface area contributed by atoms with Crippen molar-refractivity contribution in [3.63, 3.8) is 0 Å². The van der Waals surface area contributed by atoms with E-state index in [-0.39, 0.29) is 12.3 Å². The number of halogens is 1. The molecule has 0 radical (unpaired) electrons. The van der Waals surface area contributed by atoms with E-state index in [1.807, 2.05) is 30.3 Å². The van der Waals surface area contributed by atoms with Crippen LogP contribution < -0.4 is 5.11 Å². The average Bonchev–Trinajstić information content (AvgIpc) is 2.26. The summed E-state index contributed by atoms with van der Waals surface area (Å²) in [7, 11) is 0. The van der Waals surface area contributed by atoms with Gasteiger partial charge < -0.3 is 9.90 Å². The Kier molecular flexibility index (Phi) is 4.37. The molecule has 1 aromatic carbocycles. The van der Waals surface area contributed by atoms with Crippen LogP contribution in [0.5, 0.6) is 0 Å². The van der Waals surface area contributed by atoms with E-state index in [1.54, 1.807) is 13.0 Å². The van der Waals surface area contributed by atoms with Crippen LogP contribution in [-0.2, 0) is 4.79 Å². The summed E-state index contributed by atoms with van der Waals surface area (Å²) < 4.78 is 0. The second-order valence-corrected chi connectivity index (χ2v) is 3.65. The molecule has 0 aliphatic heterocycles. The summed E-state index contributed by atoms with van der Waals surface area (Å²) >= 11 is 5.98. The maximum atomic E-state index is 10.6. The van der Waals surface area contributed by atoms with E-state index in [2.05, 4.69) is 0 Å². The van der Waals surface area contributed by atoms with Gasteiger partial charge >= 0.3 is 0 Å². The van der Waals surface area contributed by atoms with Gasteiger partial charge in [-0.15, -0.1) is 0 Å². The summed E-state index contributed by atoms with van der Waals surface area (Å²) in [5, 5.41) is 11.1. The van der Waals surface area contributed by atoms with Crippen molar-refractivity contribution in [3.8, 4) is 0 Å². The highest BCUT2D eigenvalue weighted by atomic mass is 35.5. The second-order valence-electron chi connectivity index (χ2n) is 3.21. The highest BCUT2D eigenvalue weighted by Gasteiger charge is 2.14. The number of carbonyl (C=O) groups is 1. The zero-order valence-electron chi connectivity index (χ0n) is 8.44. The summed E-state index contributed by atoms with van der Waals surface area (Å²) in [6.45, 7) is 1.79. The molecular weight excluding hydrogens is 212 g/mol. The van der Waals surface area contributed by atoms with E-state index >= 15 is 0 Å². The van der Waals surface area contributed by atoms with Crippen molar-refractivity contribution in [2.24, 2.45) is 0 Å². The quantitative estimate of drug-likeness (QED) is 0.784. The van der Waals surface area contributed by atoms with Crippen LogP contribution in [0, 0.1) is 0 Å². The first-order chi connectivity index (χ1) is 7.15. The molecule has 2 nitrogen and oxygen atoms in total. The van der Waals surface area contributed by atoms with Gasteiger partial charge in [-0.1, -0.05) is 48.0 Å². The van der Waals surface area contributed by atoms with Gasteiger partial charge in [-0.25, -0.2) is 0 Å². The first-order valence-corrected chi connectivity index (χ1v) is 5.09. The van der Waals surface area contributed by atoms with Gasteiger partial charge in [0.25, 0.3) is 0 Å². The lowest BCUT2D eigenvalue weighted by molar-refractivity contribution is -0.305. The number of hydrogen-bond acceptors (Lipinski definition) is 2.